The summed E-state index contributed by atoms with van der Waals surface area (Å²) in [5, 5.41) is 1.19. The molecule has 2 heterocycles. The summed E-state index contributed by atoms with van der Waals surface area (Å²) in [5.41, 5.74) is 0.426. The van der Waals surface area contributed by atoms with E-state index in [2.05, 4.69) is 9.97 Å². The number of hydrogen-bond acceptors (Lipinski definition) is 5. The van der Waals surface area contributed by atoms with Gasteiger partial charge in [0.15, 0.2) is 5.16 Å². The van der Waals surface area contributed by atoms with Gasteiger partial charge in [-0.1, -0.05) is 23.4 Å². The number of nitrogens with zero attached hydrogens (tertiary/aromatic N) is 3. The molecule has 0 aromatic carbocycles. The molecule has 0 bridgehead atoms. The van der Waals surface area contributed by atoms with Crippen molar-refractivity contribution in [2.75, 3.05) is 18.8 Å². The Balaban J connectivity index is 1.86. The van der Waals surface area contributed by atoms with Crippen LogP contribution in [0.25, 0.3) is 0 Å². The number of carbonyl (C=O) groups excluding carboxylic acids is 1. The summed E-state index contributed by atoms with van der Waals surface area (Å²) in [5.74, 6) is 1.29. The molecule has 23 heavy (non-hydrogen) atoms. The van der Waals surface area contributed by atoms with Crippen molar-refractivity contribution in [3.05, 3.63) is 16.9 Å². The molecule has 0 saturated carbocycles. The number of ether oxygens (including phenoxy) is 1. The average molecular weight is 358 g/mol. The molecule has 2 rings (SSSR count). The highest BCUT2D eigenvalue weighted by Gasteiger charge is 2.27. The molecule has 7 heteroatoms. The van der Waals surface area contributed by atoms with Crippen molar-refractivity contribution < 1.29 is 9.53 Å². The predicted molar refractivity (Wildman–Crippen MR) is 93.0 cm³/mol. The molecule has 1 unspecified atom stereocenters. The van der Waals surface area contributed by atoms with E-state index in [9.17, 15) is 4.79 Å². The lowest BCUT2D eigenvalue weighted by atomic mass is 10.0. The first-order chi connectivity index (χ1) is 10.7. The average Bonchev–Trinajstić information content (AvgIpc) is 2.47. The van der Waals surface area contributed by atoms with Crippen LogP contribution in [0.5, 0.6) is 0 Å². The number of likely N-dealkylation sites (tertiary alicyclic amines) is 1. The van der Waals surface area contributed by atoms with Crippen LogP contribution < -0.4 is 0 Å². The predicted octanol–water partition coefficient (Wildman–Crippen LogP) is 4.18. The van der Waals surface area contributed by atoms with Crippen LogP contribution in [0, 0.1) is 12.8 Å². The molecule has 0 radical (unpaired) electrons. The Kier molecular flexibility index (Phi) is 6.14. The van der Waals surface area contributed by atoms with Crippen molar-refractivity contribution >= 4 is 29.5 Å². The summed E-state index contributed by atoms with van der Waals surface area (Å²) in [4.78, 5) is 22.5. The maximum absolute atomic E-state index is 12.2. The van der Waals surface area contributed by atoms with Gasteiger partial charge in [0.1, 0.15) is 10.8 Å². The molecule has 0 aliphatic carbocycles. The summed E-state index contributed by atoms with van der Waals surface area (Å²) in [6.07, 6.45) is 3.62. The van der Waals surface area contributed by atoms with Crippen LogP contribution >= 0.6 is 23.4 Å². The second-order valence-corrected chi connectivity index (χ2v) is 8.22. The fraction of sp³-hybridized carbons (Fsp3) is 0.688. The number of rotatable bonds is 3. The van der Waals surface area contributed by atoms with Gasteiger partial charge in [0.05, 0.1) is 0 Å². The van der Waals surface area contributed by atoms with Crippen molar-refractivity contribution in [2.45, 2.75) is 51.3 Å². The number of hydrogen-bond donors (Lipinski definition) is 0. The maximum atomic E-state index is 12.2. The summed E-state index contributed by atoms with van der Waals surface area (Å²) < 4.78 is 5.46. The van der Waals surface area contributed by atoms with Gasteiger partial charge in [0.25, 0.3) is 0 Å². The van der Waals surface area contributed by atoms with Gasteiger partial charge in [0, 0.05) is 30.6 Å². The maximum Gasteiger partial charge on any atom is 0.410 e. The fourth-order valence-corrected chi connectivity index (χ4v) is 3.48. The van der Waals surface area contributed by atoms with E-state index < -0.39 is 5.60 Å². The molecular formula is C16H24ClN3O2S. The molecule has 1 saturated heterocycles. The monoisotopic (exact) mass is 357 g/mol. The molecular weight excluding hydrogens is 334 g/mol. The summed E-state index contributed by atoms with van der Waals surface area (Å²) in [6, 6.07) is 0. The van der Waals surface area contributed by atoms with E-state index in [0.717, 1.165) is 37.2 Å². The van der Waals surface area contributed by atoms with E-state index in [1.807, 2.05) is 32.6 Å². The first kappa shape index (κ1) is 18.3. The molecule has 1 aliphatic rings. The van der Waals surface area contributed by atoms with Crippen LogP contribution in [0.15, 0.2) is 11.4 Å². The van der Waals surface area contributed by atoms with Crippen LogP contribution in [-0.4, -0.2) is 45.4 Å². The SMILES string of the molecule is Cc1cnc(SCC2CCCN(C(=O)OC(C)(C)C)C2)nc1Cl. The van der Waals surface area contributed by atoms with Crippen LogP contribution in [0.4, 0.5) is 4.79 Å². The molecule has 1 aliphatic heterocycles. The lowest BCUT2D eigenvalue weighted by Gasteiger charge is -2.33. The van der Waals surface area contributed by atoms with Gasteiger partial charge in [-0.3, -0.25) is 0 Å². The summed E-state index contributed by atoms with van der Waals surface area (Å²) >= 11 is 7.62. The minimum atomic E-state index is -0.453. The van der Waals surface area contributed by atoms with Crippen molar-refractivity contribution in [1.82, 2.24) is 14.9 Å². The van der Waals surface area contributed by atoms with E-state index in [0.29, 0.717) is 16.2 Å². The minimum absolute atomic E-state index is 0.221. The highest BCUT2D eigenvalue weighted by atomic mass is 35.5. The number of aryl methyl sites for hydroxylation is 1. The fourth-order valence-electron chi connectivity index (χ4n) is 2.36. The van der Waals surface area contributed by atoms with Gasteiger partial charge in [-0.15, -0.1) is 0 Å². The molecule has 1 aromatic rings. The van der Waals surface area contributed by atoms with Crippen LogP contribution in [0.3, 0.4) is 0 Å². The number of halogens is 1. The number of carbonyl (C=O) groups is 1. The first-order valence-corrected chi connectivity index (χ1v) is 9.21. The van der Waals surface area contributed by atoms with Crippen molar-refractivity contribution in [3.8, 4) is 0 Å². The van der Waals surface area contributed by atoms with Gasteiger partial charge >= 0.3 is 6.09 Å². The van der Waals surface area contributed by atoms with Crippen molar-refractivity contribution in [1.29, 1.82) is 0 Å². The van der Waals surface area contributed by atoms with E-state index in [1.165, 1.54) is 0 Å². The third-order valence-corrected chi connectivity index (χ3v) is 4.98. The van der Waals surface area contributed by atoms with Crippen LogP contribution in [0.2, 0.25) is 5.15 Å². The van der Waals surface area contributed by atoms with Crippen molar-refractivity contribution in [3.63, 3.8) is 0 Å². The van der Waals surface area contributed by atoms with Gasteiger partial charge in [-0.05, 0) is 46.5 Å². The molecule has 1 atom stereocenters. The van der Waals surface area contributed by atoms with E-state index >= 15 is 0 Å². The third-order valence-electron chi connectivity index (χ3n) is 3.51. The Hall–Kier alpha value is -1.01. The van der Waals surface area contributed by atoms with Crippen LogP contribution in [-0.2, 0) is 4.74 Å². The van der Waals surface area contributed by atoms with Gasteiger partial charge < -0.3 is 9.64 Å². The second kappa shape index (κ2) is 7.71. The van der Waals surface area contributed by atoms with Crippen molar-refractivity contribution in [2.24, 2.45) is 5.92 Å². The standard InChI is InChI=1S/C16H24ClN3O2S/c1-11-8-18-14(19-13(11)17)23-10-12-6-5-7-20(9-12)15(21)22-16(2,3)4/h8,12H,5-7,9-10H2,1-4H3. The molecule has 0 N–H and O–H groups in total. The zero-order valence-electron chi connectivity index (χ0n) is 14.1. The Morgan fingerprint density at radius 1 is 1.52 bits per heavy atom. The van der Waals surface area contributed by atoms with Crippen LogP contribution in [0.1, 0.15) is 39.2 Å². The lowest BCUT2D eigenvalue weighted by molar-refractivity contribution is 0.0177. The first-order valence-electron chi connectivity index (χ1n) is 7.84. The zero-order valence-corrected chi connectivity index (χ0v) is 15.7. The number of aromatic nitrogens is 2. The molecule has 0 spiro atoms. The molecule has 1 fully saturated rings. The van der Waals surface area contributed by atoms with Gasteiger partial charge in [-0.25, -0.2) is 14.8 Å². The largest absolute Gasteiger partial charge is 0.444 e. The molecule has 1 amide bonds. The Labute approximate surface area is 147 Å². The summed E-state index contributed by atoms with van der Waals surface area (Å²) in [6.45, 7) is 9.04. The normalized spacial score (nSPS) is 18.8. The van der Waals surface area contributed by atoms with E-state index in [1.54, 1.807) is 18.0 Å². The molecule has 1 aromatic heterocycles. The minimum Gasteiger partial charge on any atom is -0.444 e. The van der Waals surface area contributed by atoms with E-state index in [4.69, 9.17) is 16.3 Å². The topological polar surface area (TPSA) is 55.3 Å². The molecule has 128 valence electrons. The summed E-state index contributed by atoms with van der Waals surface area (Å²) in [7, 11) is 0. The number of thioether (sulfide) groups is 1. The second-order valence-electron chi connectivity index (χ2n) is 6.87. The third kappa shape index (κ3) is 5.84. The zero-order chi connectivity index (χ0) is 17.0. The van der Waals surface area contributed by atoms with E-state index in [-0.39, 0.29) is 6.09 Å². The quantitative estimate of drug-likeness (QED) is 0.461. The molecule has 5 nitrogen and oxygen atoms in total. The Bertz CT molecular complexity index is 563. The highest BCUT2D eigenvalue weighted by Crippen LogP contribution is 2.26. The lowest BCUT2D eigenvalue weighted by Crippen LogP contribution is -2.43. The smallest absolute Gasteiger partial charge is 0.410 e. The Morgan fingerprint density at radius 2 is 2.26 bits per heavy atom. The number of piperidine rings is 1. The highest BCUT2D eigenvalue weighted by molar-refractivity contribution is 7.99. The van der Waals surface area contributed by atoms with Gasteiger partial charge in [-0.2, -0.15) is 0 Å². The van der Waals surface area contributed by atoms with Gasteiger partial charge in [0.2, 0.25) is 0 Å². The Morgan fingerprint density at radius 3 is 2.91 bits per heavy atom. The number of amides is 1.